The van der Waals surface area contributed by atoms with Crippen LogP contribution in [-0.2, 0) is 9.59 Å². The standard InChI is InChI=1S/C13H26N2O3/c1-12(2,3)11(18)14-9(10(16)17)8-15(7)13(4,5)6/h9H,8H2,1-7H3,(H,14,18)(H,16,17). The van der Waals surface area contributed by atoms with Crippen molar-refractivity contribution >= 4 is 11.9 Å². The van der Waals surface area contributed by atoms with Crippen LogP contribution in [0.25, 0.3) is 0 Å². The Kier molecular flexibility index (Phi) is 5.35. The highest BCUT2D eigenvalue weighted by Gasteiger charge is 2.30. The van der Waals surface area contributed by atoms with Crippen LogP contribution in [0.3, 0.4) is 0 Å². The highest BCUT2D eigenvalue weighted by Crippen LogP contribution is 2.14. The van der Waals surface area contributed by atoms with E-state index in [1.807, 2.05) is 32.7 Å². The van der Waals surface area contributed by atoms with Crippen molar-refractivity contribution < 1.29 is 14.7 Å². The van der Waals surface area contributed by atoms with E-state index in [0.717, 1.165) is 0 Å². The van der Waals surface area contributed by atoms with E-state index in [0.29, 0.717) is 0 Å². The number of amides is 1. The van der Waals surface area contributed by atoms with Crippen molar-refractivity contribution in [3.63, 3.8) is 0 Å². The van der Waals surface area contributed by atoms with Crippen molar-refractivity contribution in [2.24, 2.45) is 5.41 Å². The zero-order valence-corrected chi connectivity index (χ0v) is 12.5. The normalized spacial score (nSPS) is 14.4. The molecule has 0 aromatic carbocycles. The molecule has 0 fully saturated rings. The molecular weight excluding hydrogens is 232 g/mol. The number of hydrogen-bond donors (Lipinski definition) is 2. The quantitative estimate of drug-likeness (QED) is 0.798. The molecule has 0 bridgehead atoms. The summed E-state index contributed by atoms with van der Waals surface area (Å²) in [6.45, 7) is 11.5. The fourth-order valence-corrected chi connectivity index (χ4v) is 1.11. The van der Waals surface area contributed by atoms with E-state index in [-0.39, 0.29) is 18.0 Å². The Balaban J connectivity index is 4.71. The maximum atomic E-state index is 11.8. The molecule has 0 aromatic heterocycles. The number of carbonyl (C=O) groups is 2. The summed E-state index contributed by atoms with van der Waals surface area (Å²) >= 11 is 0. The van der Waals surface area contributed by atoms with Crippen molar-refractivity contribution in [1.29, 1.82) is 0 Å². The second kappa shape index (κ2) is 5.69. The molecular formula is C13H26N2O3. The summed E-state index contributed by atoms with van der Waals surface area (Å²) in [4.78, 5) is 24.9. The molecule has 0 spiro atoms. The van der Waals surface area contributed by atoms with Gasteiger partial charge in [-0.1, -0.05) is 20.8 Å². The molecule has 0 rings (SSSR count). The van der Waals surface area contributed by atoms with E-state index < -0.39 is 17.4 Å². The first-order valence-corrected chi connectivity index (χ1v) is 6.10. The number of likely N-dealkylation sites (N-methyl/N-ethyl adjacent to an activating group) is 1. The van der Waals surface area contributed by atoms with Gasteiger partial charge >= 0.3 is 5.97 Å². The monoisotopic (exact) mass is 258 g/mol. The number of aliphatic carboxylic acids is 1. The molecule has 2 N–H and O–H groups in total. The molecule has 0 aromatic rings. The Morgan fingerprint density at radius 3 is 1.89 bits per heavy atom. The zero-order chi connectivity index (χ0) is 14.7. The van der Waals surface area contributed by atoms with Gasteiger partial charge in [0.05, 0.1) is 0 Å². The summed E-state index contributed by atoms with van der Waals surface area (Å²) in [6.07, 6.45) is 0. The van der Waals surface area contributed by atoms with E-state index in [4.69, 9.17) is 5.11 Å². The molecule has 0 radical (unpaired) electrons. The van der Waals surface area contributed by atoms with E-state index >= 15 is 0 Å². The van der Waals surface area contributed by atoms with Crippen LogP contribution in [-0.4, -0.2) is 47.1 Å². The van der Waals surface area contributed by atoms with Gasteiger partial charge in [0, 0.05) is 17.5 Å². The van der Waals surface area contributed by atoms with E-state index in [9.17, 15) is 9.59 Å². The first-order chi connectivity index (χ1) is 7.85. The molecule has 0 heterocycles. The minimum Gasteiger partial charge on any atom is -0.480 e. The lowest BCUT2D eigenvalue weighted by atomic mass is 9.95. The van der Waals surface area contributed by atoms with Crippen LogP contribution in [0.2, 0.25) is 0 Å². The van der Waals surface area contributed by atoms with Gasteiger partial charge in [-0.05, 0) is 27.8 Å². The molecule has 1 unspecified atom stereocenters. The summed E-state index contributed by atoms with van der Waals surface area (Å²) in [5, 5.41) is 11.7. The molecule has 106 valence electrons. The largest absolute Gasteiger partial charge is 0.480 e. The number of carboxylic acids is 1. The summed E-state index contributed by atoms with van der Waals surface area (Å²) in [5.41, 5.74) is -0.728. The lowest BCUT2D eigenvalue weighted by Crippen LogP contribution is -2.53. The number of hydrogen-bond acceptors (Lipinski definition) is 3. The van der Waals surface area contributed by atoms with Crippen LogP contribution in [0, 0.1) is 5.41 Å². The SMILES string of the molecule is CN(CC(NC(=O)C(C)(C)C)C(=O)O)C(C)(C)C. The van der Waals surface area contributed by atoms with Crippen molar-refractivity contribution in [3.05, 3.63) is 0 Å². The van der Waals surface area contributed by atoms with Gasteiger partial charge in [0.25, 0.3) is 0 Å². The van der Waals surface area contributed by atoms with Crippen molar-refractivity contribution in [3.8, 4) is 0 Å². The van der Waals surface area contributed by atoms with Gasteiger partial charge < -0.3 is 10.4 Å². The molecule has 18 heavy (non-hydrogen) atoms. The maximum absolute atomic E-state index is 11.8. The van der Waals surface area contributed by atoms with E-state index in [1.54, 1.807) is 20.8 Å². The Hall–Kier alpha value is -1.10. The summed E-state index contributed by atoms with van der Waals surface area (Å²) in [6, 6.07) is -0.888. The number of nitrogens with zero attached hydrogens (tertiary/aromatic N) is 1. The summed E-state index contributed by atoms with van der Waals surface area (Å²) in [5.74, 6) is -1.26. The van der Waals surface area contributed by atoms with Gasteiger partial charge in [-0.2, -0.15) is 0 Å². The molecule has 0 aliphatic carbocycles. The number of nitrogens with one attached hydrogen (secondary N) is 1. The average molecular weight is 258 g/mol. The highest BCUT2D eigenvalue weighted by molar-refractivity contribution is 5.86. The number of carboxylic acid groups (broad SMARTS) is 1. The van der Waals surface area contributed by atoms with Crippen LogP contribution in [0.1, 0.15) is 41.5 Å². The van der Waals surface area contributed by atoms with Gasteiger partial charge in [-0.3, -0.25) is 9.69 Å². The molecule has 0 saturated carbocycles. The molecule has 1 amide bonds. The second-order valence-electron chi connectivity index (χ2n) is 6.67. The highest BCUT2D eigenvalue weighted by atomic mass is 16.4. The van der Waals surface area contributed by atoms with Crippen LogP contribution in [0.4, 0.5) is 0 Å². The summed E-state index contributed by atoms with van der Waals surface area (Å²) in [7, 11) is 1.85. The van der Waals surface area contributed by atoms with Crippen LogP contribution >= 0.6 is 0 Å². The second-order valence-corrected chi connectivity index (χ2v) is 6.67. The molecule has 0 aliphatic heterocycles. The fourth-order valence-electron chi connectivity index (χ4n) is 1.11. The van der Waals surface area contributed by atoms with Gasteiger partial charge in [-0.15, -0.1) is 0 Å². The number of carbonyl (C=O) groups excluding carboxylic acids is 1. The third-order valence-electron chi connectivity index (χ3n) is 2.89. The van der Waals surface area contributed by atoms with Gasteiger partial charge in [0.2, 0.25) is 5.91 Å². The lowest BCUT2D eigenvalue weighted by Gasteiger charge is -2.34. The first-order valence-electron chi connectivity index (χ1n) is 6.10. The lowest BCUT2D eigenvalue weighted by molar-refractivity contribution is -0.144. The molecule has 5 heteroatoms. The minimum atomic E-state index is -1.01. The Labute approximate surface area is 110 Å². The predicted octanol–water partition coefficient (Wildman–Crippen LogP) is 1.33. The Morgan fingerprint density at radius 1 is 1.17 bits per heavy atom. The predicted molar refractivity (Wildman–Crippen MR) is 71.4 cm³/mol. The molecule has 5 nitrogen and oxygen atoms in total. The number of rotatable bonds is 4. The van der Waals surface area contributed by atoms with Gasteiger partial charge in [0.15, 0.2) is 0 Å². The third-order valence-corrected chi connectivity index (χ3v) is 2.89. The molecule has 1 atom stereocenters. The van der Waals surface area contributed by atoms with E-state index in [2.05, 4.69) is 5.32 Å². The maximum Gasteiger partial charge on any atom is 0.327 e. The van der Waals surface area contributed by atoms with Crippen molar-refractivity contribution in [2.75, 3.05) is 13.6 Å². The smallest absolute Gasteiger partial charge is 0.327 e. The van der Waals surface area contributed by atoms with Crippen LogP contribution in [0.5, 0.6) is 0 Å². The first kappa shape index (κ1) is 16.9. The zero-order valence-electron chi connectivity index (χ0n) is 12.5. The van der Waals surface area contributed by atoms with Crippen molar-refractivity contribution in [1.82, 2.24) is 10.2 Å². The Bertz CT molecular complexity index is 313. The average Bonchev–Trinajstić information content (AvgIpc) is 2.12. The van der Waals surface area contributed by atoms with Crippen LogP contribution < -0.4 is 5.32 Å². The van der Waals surface area contributed by atoms with Crippen molar-refractivity contribution in [2.45, 2.75) is 53.1 Å². The van der Waals surface area contributed by atoms with E-state index in [1.165, 1.54) is 0 Å². The van der Waals surface area contributed by atoms with Gasteiger partial charge in [-0.25, -0.2) is 4.79 Å². The topological polar surface area (TPSA) is 69.6 Å². The fraction of sp³-hybridized carbons (Fsp3) is 0.846. The minimum absolute atomic E-state index is 0.139. The molecule has 0 aliphatic rings. The van der Waals surface area contributed by atoms with Gasteiger partial charge in [0.1, 0.15) is 6.04 Å². The summed E-state index contributed by atoms with van der Waals surface area (Å²) < 4.78 is 0. The molecule has 0 saturated heterocycles. The Morgan fingerprint density at radius 2 is 1.61 bits per heavy atom. The third kappa shape index (κ3) is 5.49. The van der Waals surface area contributed by atoms with Crippen LogP contribution in [0.15, 0.2) is 0 Å².